The second kappa shape index (κ2) is 13.6. The van der Waals surface area contributed by atoms with E-state index in [1.807, 2.05) is 48.5 Å². The van der Waals surface area contributed by atoms with Gasteiger partial charge in [-0.3, -0.25) is 19.2 Å². The lowest BCUT2D eigenvalue weighted by Crippen LogP contribution is -2.57. The van der Waals surface area contributed by atoms with Crippen LogP contribution in [0.25, 0.3) is 21.8 Å². The first-order valence-corrected chi connectivity index (χ1v) is 13.7. The van der Waals surface area contributed by atoms with Crippen LogP contribution in [0.4, 0.5) is 0 Å². The standard InChI is InChI=1S/C30H37N7O4/c1-18(38)35-27(15-20-17-34-24-11-5-3-9-22(20)24)30(41)36-25(12-6-7-13-31)29(40)37-26(28(32)39)14-19-16-33-23-10-4-2-8-21(19)23/h2-5,8-11,16-17,25-27,33-34H,6-7,12-15,31H2,1H3,(H2,32,39)(H,35,38)(H,36,41)(H,37,40)/t25-,26-,27-/m0/s1. The van der Waals surface area contributed by atoms with Crippen LogP contribution in [-0.4, -0.2) is 58.3 Å². The zero-order valence-corrected chi connectivity index (χ0v) is 23.0. The van der Waals surface area contributed by atoms with E-state index < -0.39 is 35.8 Å². The summed E-state index contributed by atoms with van der Waals surface area (Å²) in [6, 6.07) is 12.4. The van der Waals surface area contributed by atoms with Gasteiger partial charge in [-0.25, -0.2) is 0 Å². The van der Waals surface area contributed by atoms with E-state index in [4.69, 9.17) is 11.5 Å². The quantitative estimate of drug-likeness (QED) is 0.115. The number of fused-ring (bicyclic) bond motifs is 2. The van der Waals surface area contributed by atoms with Gasteiger partial charge < -0.3 is 37.4 Å². The number of hydrogen-bond acceptors (Lipinski definition) is 5. The first-order chi connectivity index (χ1) is 19.8. The number of para-hydroxylation sites is 2. The van der Waals surface area contributed by atoms with Crippen molar-refractivity contribution in [2.75, 3.05) is 6.54 Å². The lowest BCUT2D eigenvalue weighted by molar-refractivity contribution is -0.133. The molecule has 2 heterocycles. The monoisotopic (exact) mass is 559 g/mol. The Morgan fingerprint density at radius 3 is 1.78 bits per heavy atom. The second-order valence-corrected chi connectivity index (χ2v) is 10.2. The summed E-state index contributed by atoms with van der Waals surface area (Å²) in [7, 11) is 0. The van der Waals surface area contributed by atoms with Crippen LogP contribution in [0, 0.1) is 0 Å². The summed E-state index contributed by atoms with van der Waals surface area (Å²) in [5.74, 6) is -2.11. The van der Waals surface area contributed by atoms with Gasteiger partial charge in [0.2, 0.25) is 23.6 Å². The fourth-order valence-corrected chi connectivity index (χ4v) is 5.02. The number of benzene rings is 2. The van der Waals surface area contributed by atoms with Crippen molar-refractivity contribution in [1.82, 2.24) is 25.9 Å². The molecular formula is C30H37N7O4. The van der Waals surface area contributed by atoms with E-state index in [1.54, 1.807) is 12.4 Å². The predicted octanol–water partition coefficient (Wildman–Crippen LogP) is 1.52. The van der Waals surface area contributed by atoms with Crippen molar-refractivity contribution in [1.29, 1.82) is 0 Å². The number of hydrogen-bond donors (Lipinski definition) is 7. The van der Waals surface area contributed by atoms with Gasteiger partial charge in [0, 0.05) is 54.0 Å². The Balaban J connectivity index is 1.50. The predicted molar refractivity (Wildman–Crippen MR) is 158 cm³/mol. The molecule has 2 aromatic carbocycles. The molecule has 0 bridgehead atoms. The third kappa shape index (κ3) is 7.52. The summed E-state index contributed by atoms with van der Waals surface area (Å²) in [5.41, 5.74) is 14.8. The molecular weight excluding hydrogens is 522 g/mol. The molecule has 3 atom stereocenters. The van der Waals surface area contributed by atoms with Gasteiger partial charge in [-0.2, -0.15) is 0 Å². The number of rotatable bonds is 14. The first kappa shape index (κ1) is 29.3. The summed E-state index contributed by atoms with van der Waals surface area (Å²) < 4.78 is 0. The Kier molecular flexibility index (Phi) is 9.75. The normalized spacial score (nSPS) is 13.4. The van der Waals surface area contributed by atoms with Crippen LogP contribution < -0.4 is 27.4 Å². The first-order valence-electron chi connectivity index (χ1n) is 13.7. The third-order valence-corrected chi connectivity index (χ3v) is 7.13. The molecule has 0 aliphatic carbocycles. The molecule has 216 valence electrons. The smallest absolute Gasteiger partial charge is 0.243 e. The van der Waals surface area contributed by atoms with E-state index in [2.05, 4.69) is 25.9 Å². The van der Waals surface area contributed by atoms with Gasteiger partial charge in [0.15, 0.2) is 0 Å². The highest BCUT2D eigenvalue weighted by atomic mass is 16.2. The number of aromatic amines is 2. The number of aromatic nitrogens is 2. The Labute approximate surface area is 237 Å². The van der Waals surface area contributed by atoms with Crippen LogP contribution in [0.1, 0.15) is 37.3 Å². The van der Waals surface area contributed by atoms with Crippen molar-refractivity contribution in [3.8, 4) is 0 Å². The number of unbranched alkanes of at least 4 members (excludes halogenated alkanes) is 1. The molecule has 0 spiro atoms. The van der Waals surface area contributed by atoms with Gasteiger partial charge in [0.1, 0.15) is 18.1 Å². The number of nitrogens with two attached hydrogens (primary N) is 2. The highest BCUT2D eigenvalue weighted by Gasteiger charge is 2.29. The fraction of sp³-hybridized carbons (Fsp3) is 0.333. The largest absolute Gasteiger partial charge is 0.368 e. The summed E-state index contributed by atoms with van der Waals surface area (Å²) in [4.78, 5) is 57.6. The molecule has 2 aromatic heterocycles. The van der Waals surface area contributed by atoms with Crippen LogP contribution >= 0.6 is 0 Å². The highest BCUT2D eigenvalue weighted by molar-refractivity contribution is 5.95. The molecule has 11 heteroatoms. The lowest BCUT2D eigenvalue weighted by atomic mass is 10.0. The molecule has 0 radical (unpaired) electrons. The molecule has 41 heavy (non-hydrogen) atoms. The number of H-pyrrole nitrogens is 2. The van der Waals surface area contributed by atoms with Gasteiger partial charge in [-0.05, 0) is 49.1 Å². The molecule has 4 rings (SSSR count). The fourth-order valence-electron chi connectivity index (χ4n) is 5.02. The number of carbonyl (C=O) groups is 4. The molecule has 11 nitrogen and oxygen atoms in total. The third-order valence-electron chi connectivity index (χ3n) is 7.13. The zero-order chi connectivity index (χ0) is 29.4. The second-order valence-electron chi connectivity index (χ2n) is 10.2. The van der Waals surface area contributed by atoms with E-state index in [0.717, 1.165) is 32.9 Å². The Morgan fingerprint density at radius 1 is 0.732 bits per heavy atom. The van der Waals surface area contributed by atoms with Gasteiger partial charge in [-0.1, -0.05) is 36.4 Å². The number of amides is 4. The van der Waals surface area contributed by atoms with Crippen molar-refractivity contribution in [2.24, 2.45) is 11.5 Å². The van der Waals surface area contributed by atoms with Crippen molar-refractivity contribution >= 4 is 45.4 Å². The number of carbonyl (C=O) groups excluding carboxylic acids is 4. The van der Waals surface area contributed by atoms with E-state index in [-0.39, 0.29) is 18.7 Å². The van der Waals surface area contributed by atoms with Gasteiger partial charge in [0.05, 0.1) is 0 Å². The van der Waals surface area contributed by atoms with Crippen LogP contribution in [0.5, 0.6) is 0 Å². The summed E-state index contributed by atoms with van der Waals surface area (Å²) in [5, 5.41) is 10.1. The van der Waals surface area contributed by atoms with Crippen molar-refractivity contribution in [3.05, 3.63) is 72.1 Å². The molecule has 0 unspecified atom stereocenters. The van der Waals surface area contributed by atoms with Gasteiger partial charge >= 0.3 is 0 Å². The molecule has 4 aromatic rings. The molecule has 0 saturated heterocycles. The van der Waals surface area contributed by atoms with Crippen molar-refractivity contribution in [3.63, 3.8) is 0 Å². The minimum atomic E-state index is -0.993. The maximum Gasteiger partial charge on any atom is 0.243 e. The zero-order valence-electron chi connectivity index (χ0n) is 23.0. The van der Waals surface area contributed by atoms with Gasteiger partial charge in [-0.15, -0.1) is 0 Å². The Bertz CT molecular complexity index is 1530. The molecule has 0 fully saturated rings. The van der Waals surface area contributed by atoms with Crippen LogP contribution in [0.15, 0.2) is 60.9 Å². The molecule has 9 N–H and O–H groups in total. The summed E-state index contributed by atoms with van der Waals surface area (Å²) in [6.07, 6.45) is 5.52. The van der Waals surface area contributed by atoms with Gasteiger partial charge in [0.25, 0.3) is 0 Å². The van der Waals surface area contributed by atoms with E-state index in [0.29, 0.717) is 25.8 Å². The maximum atomic E-state index is 13.5. The summed E-state index contributed by atoms with van der Waals surface area (Å²) >= 11 is 0. The molecule has 0 aliphatic heterocycles. The minimum Gasteiger partial charge on any atom is -0.368 e. The van der Waals surface area contributed by atoms with Crippen molar-refractivity contribution < 1.29 is 19.2 Å². The van der Waals surface area contributed by atoms with Crippen LogP contribution in [0.2, 0.25) is 0 Å². The van der Waals surface area contributed by atoms with Crippen LogP contribution in [0.3, 0.4) is 0 Å². The Hall–Kier alpha value is -4.64. The average Bonchev–Trinajstić information content (AvgIpc) is 3.55. The molecule has 0 saturated carbocycles. The van der Waals surface area contributed by atoms with Crippen LogP contribution in [-0.2, 0) is 32.0 Å². The number of primary amides is 1. The van der Waals surface area contributed by atoms with E-state index in [9.17, 15) is 19.2 Å². The topological polar surface area (TPSA) is 188 Å². The van der Waals surface area contributed by atoms with Crippen molar-refractivity contribution in [2.45, 2.75) is 57.2 Å². The molecule has 0 aliphatic rings. The highest BCUT2D eigenvalue weighted by Crippen LogP contribution is 2.20. The Morgan fingerprint density at radius 2 is 1.24 bits per heavy atom. The lowest BCUT2D eigenvalue weighted by Gasteiger charge is -2.24. The maximum absolute atomic E-state index is 13.5. The van der Waals surface area contributed by atoms with E-state index in [1.165, 1.54) is 6.92 Å². The summed E-state index contributed by atoms with van der Waals surface area (Å²) in [6.45, 7) is 1.77. The minimum absolute atomic E-state index is 0.184. The molecule has 4 amide bonds. The SMILES string of the molecule is CC(=O)N[C@@H](Cc1c[nH]c2ccccc12)C(=O)N[C@@H](CCCCN)C(=O)N[C@@H](Cc1c[nH]c2ccccc12)C(N)=O. The van der Waals surface area contributed by atoms with E-state index >= 15 is 0 Å². The number of nitrogens with one attached hydrogen (secondary N) is 5. The average molecular weight is 560 g/mol.